The predicted molar refractivity (Wildman–Crippen MR) is 96.1 cm³/mol. The van der Waals surface area contributed by atoms with Gasteiger partial charge in [0, 0.05) is 0 Å². The summed E-state index contributed by atoms with van der Waals surface area (Å²) in [5.41, 5.74) is 0.610. The molecule has 3 rings (SSSR count). The Kier molecular flexibility index (Phi) is 4.64. The van der Waals surface area contributed by atoms with Crippen molar-refractivity contribution in [2.45, 2.75) is 27.2 Å². The predicted octanol–water partition coefficient (Wildman–Crippen LogP) is 3.65. The van der Waals surface area contributed by atoms with E-state index in [1.54, 1.807) is 31.2 Å². The van der Waals surface area contributed by atoms with Crippen molar-refractivity contribution in [1.82, 2.24) is 5.06 Å². The van der Waals surface area contributed by atoms with Crippen LogP contribution in [-0.4, -0.2) is 22.8 Å². The van der Waals surface area contributed by atoms with Crippen LogP contribution in [0.5, 0.6) is 0 Å². The van der Waals surface area contributed by atoms with Crippen molar-refractivity contribution in [2.24, 2.45) is 11.3 Å². The number of benzene rings is 2. The third-order valence-electron chi connectivity index (χ3n) is 5.09. The van der Waals surface area contributed by atoms with Gasteiger partial charge in [-0.1, -0.05) is 61.4 Å². The minimum Gasteiger partial charge on any atom is -0.329 e. The Morgan fingerprint density at radius 1 is 0.962 bits per heavy atom. The Balaban J connectivity index is 1.83. The smallest absolute Gasteiger partial charge is 0.329 e. The van der Waals surface area contributed by atoms with Gasteiger partial charge in [-0.05, 0) is 37.0 Å². The average molecular weight is 351 g/mol. The van der Waals surface area contributed by atoms with Crippen molar-refractivity contribution in [3.8, 4) is 0 Å². The number of hydrogen-bond acceptors (Lipinski definition) is 4. The highest BCUT2D eigenvalue weighted by molar-refractivity contribution is 6.20. The third kappa shape index (κ3) is 3.01. The lowest BCUT2D eigenvalue weighted by molar-refractivity contribution is -0.183. The second kappa shape index (κ2) is 6.75. The lowest BCUT2D eigenvalue weighted by atomic mass is 9.74. The number of carbonyl (C=O) groups excluding carboxylic acids is 3. The molecule has 5 nitrogen and oxygen atoms in total. The normalized spacial score (nSPS) is 15.8. The van der Waals surface area contributed by atoms with Gasteiger partial charge in [0.25, 0.3) is 11.8 Å². The van der Waals surface area contributed by atoms with Gasteiger partial charge in [0.15, 0.2) is 0 Å². The fourth-order valence-electron chi connectivity index (χ4n) is 2.97. The summed E-state index contributed by atoms with van der Waals surface area (Å²) in [6.07, 6.45) is 0.452. The fraction of sp³-hybridized carbons (Fsp3) is 0.286. The summed E-state index contributed by atoms with van der Waals surface area (Å²) in [4.78, 5) is 43.1. The molecule has 2 aromatic carbocycles. The molecule has 0 saturated carbocycles. The minimum absolute atomic E-state index is 0.0506. The van der Waals surface area contributed by atoms with Gasteiger partial charge >= 0.3 is 5.97 Å². The molecule has 0 aliphatic carbocycles. The molecular formula is C21H21NO4. The number of carbonyl (C=O) groups is 3. The fourth-order valence-corrected chi connectivity index (χ4v) is 2.97. The van der Waals surface area contributed by atoms with Crippen molar-refractivity contribution < 1.29 is 19.2 Å². The Morgan fingerprint density at radius 3 is 1.96 bits per heavy atom. The van der Waals surface area contributed by atoms with E-state index in [1.165, 1.54) is 0 Å². The number of imide groups is 1. The Labute approximate surface area is 152 Å². The number of hydrogen-bond donors (Lipinski definition) is 0. The standard InChI is InChI=1S/C21H21NO4/c1-14(2)21(3,13-15-9-5-4-6-10-15)20(25)26-22-18(23)16-11-7-8-12-17(16)19(22)24/h4-12,14H,13H2,1-3H3. The van der Waals surface area contributed by atoms with Gasteiger partial charge in [-0.25, -0.2) is 4.79 Å². The molecule has 26 heavy (non-hydrogen) atoms. The second-order valence-electron chi connectivity index (χ2n) is 7.06. The summed E-state index contributed by atoms with van der Waals surface area (Å²) in [6, 6.07) is 16.0. The Morgan fingerprint density at radius 2 is 1.46 bits per heavy atom. The first kappa shape index (κ1) is 17.9. The zero-order valence-electron chi connectivity index (χ0n) is 15.1. The molecule has 2 amide bonds. The molecule has 0 spiro atoms. The number of fused-ring (bicyclic) bond motifs is 1. The molecule has 0 saturated heterocycles. The number of hydroxylamine groups is 2. The largest absolute Gasteiger partial charge is 0.339 e. The van der Waals surface area contributed by atoms with Gasteiger partial charge in [-0.2, -0.15) is 0 Å². The first-order valence-electron chi connectivity index (χ1n) is 8.58. The van der Waals surface area contributed by atoms with Crippen molar-refractivity contribution in [3.63, 3.8) is 0 Å². The van der Waals surface area contributed by atoms with E-state index in [9.17, 15) is 14.4 Å². The van der Waals surface area contributed by atoms with E-state index >= 15 is 0 Å². The zero-order chi connectivity index (χ0) is 18.9. The Bertz CT molecular complexity index is 824. The van der Waals surface area contributed by atoms with E-state index in [0.717, 1.165) is 5.56 Å². The summed E-state index contributed by atoms with van der Waals surface area (Å²) >= 11 is 0. The Hall–Kier alpha value is -2.95. The van der Waals surface area contributed by atoms with E-state index in [1.807, 2.05) is 44.2 Å². The van der Waals surface area contributed by atoms with Gasteiger partial charge in [0.1, 0.15) is 0 Å². The van der Waals surface area contributed by atoms with E-state index in [4.69, 9.17) is 4.84 Å². The quantitative estimate of drug-likeness (QED) is 0.772. The first-order chi connectivity index (χ1) is 12.3. The lowest BCUT2D eigenvalue weighted by Gasteiger charge is -2.32. The molecule has 0 aromatic heterocycles. The summed E-state index contributed by atoms with van der Waals surface area (Å²) in [7, 11) is 0. The number of nitrogens with zero attached hydrogens (tertiary/aromatic N) is 1. The van der Waals surface area contributed by atoms with Crippen LogP contribution in [0.3, 0.4) is 0 Å². The van der Waals surface area contributed by atoms with Crippen LogP contribution in [0.1, 0.15) is 47.1 Å². The molecule has 0 radical (unpaired) electrons. The van der Waals surface area contributed by atoms with E-state index in [0.29, 0.717) is 11.5 Å². The van der Waals surface area contributed by atoms with Crippen LogP contribution in [0.15, 0.2) is 54.6 Å². The molecule has 1 atom stereocenters. The third-order valence-corrected chi connectivity index (χ3v) is 5.09. The van der Waals surface area contributed by atoms with Crippen LogP contribution < -0.4 is 0 Å². The molecule has 1 heterocycles. The molecule has 0 N–H and O–H groups in total. The number of rotatable bonds is 5. The molecule has 134 valence electrons. The van der Waals surface area contributed by atoms with Gasteiger partial charge in [0.05, 0.1) is 16.5 Å². The molecular weight excluding hydrogens is 330 g/mol. The lowest BCUT2D eigenvalue weighted by Crippen LogP contribution is -2.43. The first-order valence-corrected chi connectivity index (χ1v) is 8.58. The van der Waals surface area contributed by atoms with Crippen LogP contribution in [0.4, 0.5) is 0 Å². The SMILES string of the molecule is CC(C)C(C)(Cc1ccccc1)C(=O)ON1C(=O)c2ccccc2C1=O. The van der Waals surface area contributed by atoms with Crippen LogP contribution in [-0.2, 0) is 16.1 Å². The van der Waals surface area contributed by atoms with Gasteiger partial charge < -0.3 is 4.84 Å². The van der Waals surface area contributed by atoms with Crippen molar-refractivity contribution >= 4 is 17.8 Å². The maximum absolute atomic E-state index is 12.9. The van der Waals surface area contributed by atoms with E-state index < -0.39 is 23.2 Å². The zero-order valence-corrected chi connectivity index (χ0v) is 15.1. The van der Waals surface area contributed by atoms with Gasteiger partial charge in [-0.3, -0.25) is 9.59 Å². The van der Waals surface area contributed by atoms with Crippen molar-refractivity contribution in [2.75, 3.05) is 0 Å². The van der Waals surface area contributed by atoms with Gasteiger partial charge in [0.2, 0.25) is 0 Å². The van der Waals surface area contributed by atoms with E-state index in [-0.39, 0.29) is 17.0 Å². The monoisotopic (exact) mass is 351 g/mol. The molecule has 1 aliphatic heterocycles. The summed E-state index contributed by atoms with van der Waals surface area (Å²) < 4.78 is 0. The molecule has 1 aliphatic rings. The maximum atomic E-state index is 12.9. The van der Waals surface area contributed by atoms with Crippen molar-refractivity contribution in [3.05, 3.63) is 71.3 Å². The molecule has 1 unspecified atom stereocenters. The number of amides is 2. The molecule has 0 fully saturated rings. The van der Waals surface area contributed by atoms with Crippen LogP contribution in [0, 0.1) is 11.3 Å². The van der Waals surface area contributed by atoms with Crippen LogP contribution >= 0.6 is 0 Å². The highest BCUT2D eigenvalue weighted by Crippen LogP contribution is 2.34. The van der Waals surface area contributed by atoms with Crippen LogP contribution in [0.2, 0.25) is 0 Å². The highest BCUT2D eigenvalue weighted by atomic mass is 16.7. The average Bonchev–Trinajstić information content (AvgIpc) is 2.87. The second-order valence-corrected chi connectivity index (χ2v) is 7.06. The summed E-state index contributed by atoms with van der Waals surface area (Å²) in [6.45, 7) is 5.64. The summed E-state index contributed by atoms with van der Waals surface area (Å²) in [5.74, 6) is -1.86. The molecule has 2 aromatic rings. The maximum Gasteiger partial charge on any atom is 0.339 e. The minimum atomic E-state index is -0.878. The topological polar surface area (TPSA) is 63.7 Å². The van der Waals surface area contributed by atoms with Crippen LogP contribution in [0.25, 0.3) is 0 Å². The summed E-state index contributed by atoms with van der Waals surface area (Å²) in [5, 5.41) is 0.582. The van der Waals surface area contributed by atoms with E-state index in [2.05, 4.69) is 0 Å². The van der Waals surface area contributed by atoms with Gasteiger partial charge in [-0.15, -0.1) is 0 Å². The highest BCUT2D eigenvalue weighted by Gasteiger charge is 2.44. The molecule has 0 bridgehead atoms. The van der Waals surface area contributed by atoms with Crippen molar-refractivity contribution in [1.29, 1.82) is 0 Å². The molecule has 5 heteroatoms.